The first kappa shape index (κ1) is 13.8. The van der Waals surface area contributed by atoms with Gasteiger partial charge < -0.3 is 9.26 Å². The van der Waals surface area contributed by atoms with E-state index in [4.69, 9.17) is 9.26 Å². The highest BCUT2D eigenvalue weighted by molar-refractivity contribution is 5.82. The topological polar surface area (TPSA) is 65.2 Å². The van der Waals surface area contributed by atoms with Crippen molar-refractivity contribution < 1.29 is 14.1 Å². The Hall–Kier alpha value is -1.23. The minimum Gasteiger partial charge on any atom is -0.373 e. The first-order valence-electron chi connectivity index (χ1n) is 6.00. The Kier molecular flexibility index (Phi) is 5.28. The molecule has 17 heavy (non-hydrogen) atoms. The van der Waals surface area contributed by atoms with Crippen LogP contribution in [0.1, 0.15) is 63.8 Å². The lowest BCUT2D eigenvalue weighted by Crippen LogP contribution is -2.09. The molecule has 0 aliphatic rings. The Balaban J connectivity index is 2.85. The lowest BCUT2D eigenvalue weighted by Gasteiger charge is -2.08. The van der Waals surface area contributed by atoms with Crippen LogP contribution >= 0.6 is 0 Å². The van der Waals surface area contributed by atoms with Gasteiger partial charge in [0.2, 0.25) is 11.7 Å². The van der Waals surface area contributed by atoms with Crippen LogP contribution in [0.2, 0.25) is 0 Å². The molecule has 1 aromatic heterocycles. The first-order chi connectivity index (χ1) is 8.13. The van der Waals surface area contributed by atoms with Crippen molar-refractivity contribution in [2.45, 2.75) is 52.1 Å². The van der Waals surface area contributed by atoms with Crippen LogP contribution in [0, 0.1) is 0 Å². The molecule has 96 valence electrons. The SMILES string of the molecule is CCCC(OC)c1noc(C(CC)C(C)=O)n1. The van der Waals surface area contributed by atoms with Gasteiger partial charge in [0, 0.05) is 7.11 Å². The summed E-state index contributed by atoms with van der Waals surface area (Å²) in [6.45, 7) is 5.53. The van der Waals surface area contributed by atoms with Crippen molar-refractivity contribution in [2.24, 2.45) is 0 Å². The molecule has 0 aliphatic heterocycles. The van der Waals surface area contributed by atoms with Crippen LogP contribution < -0.4 is 0 Å². The van der Waals surface area contributed by atoms with E-state index >= 15 is 0 Å². The highest BCUT2D eigenvalue weighted by atomic mass is 16.5. The number of rotatable bonds is 7. The summed E-state index contributed by atoms with van der Waals surface area (Å²) in [5.74, 6) is 0.680. The fourth-order valence-corrected chi connectivity index (χ4v) is 1.77. The molecular formula is C12H20N2O3. The van der Waals surface area contributed by atoms with Crippen molar-refractivity contribution in [2.75, 3.05) is 7.11 Å². The molecular weight excluding hydrogens is 220 g/mol. The largest absolute Gasteiger partial charge is 0.373 e. The molecule has 0 fully saturated rings. The van der Waals surface area contributed by atoms with Gasteiger partial charge in [-0.15, -0.1) is 0 Å². The van der Waals surface area contributed by atoms with E-state index in [-0.39, 0.29) is 17.8 Å². The van der Waals surface area contributed by atoms with Crippen molar-refractivity contribution in [3.8, 4) is 0 Å². The third-order valence-electron chi connectivity index (χ3n) is 2.78. The number of aromatic nitrogens is 2. The summed E-state index contributed by atoms with van der Waals surface area (Å²) in [5.41, 5.74) is 0. The van der Waals surface area contributed by atoms with Gasteiger partial charge in [0.25, 0.3) is 0 Å². The Morgan fingerprint density at radius 1 is 1.47 bits per heavy atom. The molecule has 1 heterocycles. The van der Waals surface area contributed by atoms with Crippen molar-refractivity contribution >= 4 is 5.78 Å². The fourth-order valence-electron chi connectivity index (χ4n) is 1.77. The van der Waals surface area contributed by atoms with Crippen LogP contribution in [0.3, 0.4) is 0 Å². The number of Topliss-reactive ketones (excluding diaryl/α,β-unsaturated/α-hetero) is 1. The minimum absolute atomic E-state index is 0.0483. The zero-order chi connectivity index (χ0) is 12.8. The van der Waals surface area contributed by atoms with E-state index in [1.165, 1.54) is 6.92 Å². The number of carbonyl (C=O) groups excluding carboxylic acids is 1. The predicted octanol–water partition coefficient (Wildman–Crippen LogP) is 2.64. The quantitative estimate of drug-likeness (QED) is 0.733. The summed E-state index contributed by atoms with van der Waals surface area (Å²) >= 11 is 0. The van der Waals surface area contributed by atoms with Crippen LogP contribution in [0.5, 0.6) is 0 Å². The van der Waals surface area contributed by atoms with E-state index in [1.54, 1.807) is 7.11 Å². The molecule has 1 aromatic rings. The second-order valence-corrected chi connectivity index (χ2v) is 4.08. The van der Waals surface area contributed by atoms with Gasteiger partial charge in [-0.1, -0.05) is 25.4 Å². The Labute approximate surface area is 102 Å². The van der Waals surface area contributed by atoms with Crippen LogP contribution in [-0.4, -0.2) is 23.0 Å². The van der Waals surface area contributed by atoms with E-state index in [0.29, 0.717) is 18.1 Å². The Morgan fingerprint density at radius 3 is 2.65 bits per heavy atom. The average Bonchev–Trinajstić information content (AvgIpc) is 2.75. The second-order valence-electron chi connectivity index (χ2n) is 4.08. The molecule has 0 radical (unpaired) electrons. The molecule has 2 atom stereocenters. The zero-order valence-corrected chi connectivity index (χ0v) is 10.9. The van der Waals surface area contributed by atoms with Gasteiger partial charge in [0.1, 0.15) is 11.9 Å². The number of ether oxygens (including phenoxy) is 1. The normalized spacial score (nSPS) is 14.6. The summed E-state index contributed by atoms with van der Waals surface area (Å²) in [7, 11) is 1.62. The third-order valence-corrected chi connectivity index (χ3v) is 2.78. The molecule has 0 aromatic carbocycles. The minimum atomic E-state index is -0.296. The Morgan fingerprint density at radius 2 is 2.18 bits per heavy atom. The van der Waals surface area contributed by atoms with Crippen LogP contribution in [0.4, 0.5) is 0 Å². The van der Waals surface area contributed by atoms with Gasteiger partial charge >= 0.3 is 0 Å². The summed E-state index contributed by atoms with van der Waals surface area (Å²) in [6.07, 6.45) is 2.34. The van der Waals surface area contributed by atoms with Gasteiger partial charge in [0.15, 0.2) is 0 Å². The highest BCUT2D eigenvalue weighted by Crippen LogP contribution is 2.23. The molecule has 0 saturated heterocycles. The number of methoxy groups -OCH3 is 1. The molecule has 0 aliphatic carbocycles. The van der Waals surface area contributed by atoms with Gasteiger partial charge in [-0.2, -0.15) is 4.98 Å². The van der Waals surface area contributed by atoms with Gasteiger partial charge in [-0.3, -0.25) is 4.79 Å². The smallest absolute Gasteiger partial charge is 0.237 e. The van der Waals surface area contributed by atoms with Gasteiger partial charge in [-0.25, -0.2) is 0 Å². The number of nitrogens with zero attached hydrogens (tertiary/aromatic N) is 2. The lowest BCUT2D eigenvalue weighted by molar-refractivity contribution is -0.119. The zero-order valence-electron chi connectivity index (χ0n) is 10.9. The molecule has 5 nitrogen and oxygen atoms in total. The number of hydrogen-bond acceptors (Lipinski definition) is 5. The van der Waals surface area contributed by atoms with Crippen molar-refractivity contribution in [3.05, 3.63) is 11.7 Å². The molecule has 0 amide bonds. The third kappa shape index (κ3) is 3.36. The van der Waals surface area contributed by atoms with Crippen LogP contribution in [-0.2, 0) is 9.53 Å². The number of hydrogen-bond donors (Lipinski definition) is 0. The molecule has 0 bridgehead atoms. The summed E-state index contributed by atoms with van der Waals surface area (Å²) < 4.78 is 10.4. The molecule has 5 heteroatoms. The van der Waals surface area contributed by atoms with Crippen molar-refractivity contribution in [3.63, 3.8) is 0 Å². The lowest BCUT2D eigenvalue weighted by atomic mass is 10.0. The van der Waals surface area contributed by atoms with E-state index in [1.807, 2.05) is 6.92 Å². The standard InChI is InChI=1S/C12H20N2O3/c1-5-7-10(16-4)11-13-12(17-14-11)9(6-2)8(3)15/h9-10H,5-7H2,1-4H3. The maximum absolute atomic E-state index is 11.4. The molecule has 0 spiro atoms. The maximum Gasteiger partial charge on any atom is 0.237 e. The van der Waals surface area contributed by atoms with E-state index in [0.717, 1.165) is 12.8 Å². The summed E-state index contributed by atoms with van der Waals surface area (Å²) in [4.78, 5) is 15.7. The van der Waals surface area contributed by atoms with Gasteiger partial charge in [0.05, 0.1) is 5.92 Å². The monoisotopic (exact) mass is 240 g/mol. The Bertz CT molecular complexity index is 362. The summed E-state index contributed by atoms with van der Waals surface area (Å²) in [5, 5.41) is 3.89. The second kappa shape index (κ2) is 6.49. The van der Waals surface area contributed by atoms with Crippen LogP contribution in [0.15, 0.2) is 4.52 Å². The highest BCUT2D eigenvalue weighted by Gasteiger charge is 2.24. The van der Waals surface area contributed by atoms with Gasteiger partial charge in [-0.05, 0) is 19.8 Å². The predicted molar refractivity (Wildman–Crippen MR) is 62.7 cm³/mol. The fraction of sp³-hybridized carbons (Fsp3) is 0.750. The van der Waals surface area contributed by atoms with E-state index in [9.17, 15) is 4.79 Å². The maximum atomic E-state index is 11.4. The molecule has 2 unspecified atom stereocenters. The number of carbonyl (C=O) groups is 1. The average molecular weight is 240 g/mol. The molecule has 1 rings (SSSR count). The van der Waals surface area contributed by atoms with E-state index < -0.39 is 0 Å². The first-order valence-corrected chi connectivity index (χ1v) is 6.00. The van der Waals surface area contributed by atoms with Crippen molar-refractivity contribution in [1.82, 2.24) is 10.1 Å². The molecule has 0 saturated carbocycles. The van der Waals surface area contributed by atoms with E-state index in [2.05, 4.69) is 17.1 Å². The van der Waals surface area contributed by atoms with Crippen molar-refractivity contribution in [1.29, 1.82) is 0 Å². The summed E-state index contributed by atoms with van der Waals surface area (Å²) in [6, 6.07) is 0. The van der Waals surface area contributed by atoms with Crippen LogP contribution in [0.25, 0.3) is 0 Å². The number of ketones is 1. The molecule has 0 N–H and O–H groups in total.